The molecular weight excluding hydrogens is 201 g/mol. The highest BCUT2D eigenvalue weighted by atomic mass is 35.5. The molecule has 0 fully saturated rings. The van der Waals surface area contributed by atoms with Crippen molar-refractivity contribution in [3.8, 4) is 0 Å². The van der Waals surface area contributed by atoms with Crippen LogP contribution in [-0.4, -0.2) is 0 Å². The van der Waals surface area contributed by atoms with Gasteiger partial charge in [-0.05, 0) is 37.1 Å². The SMILES string of the molecule is Cc1cc(Cl)c(C)c(C(F)(F)F)c1. The molecule has 0 nitrogen and oxygen atoms in total. The Bertz CT molecular complexity index is 328. The van der Waals surface area contributed by atoms with Crippen molar-refractivity contribution in [1.29, 1.82) is 0 Å². The number of rotatable bonds is 0. The molecule has 13 heavy (non-hydrogen) atoms. The zero-order valence-corrected chi connectivity index (χ0v) is 7.92. The van der Waals surface area contributed by atoms with Crippen molar-refractivity contribution in [3.63, 3.8) is 0 Å². The molecule has 0 bridgehead atoms. The number of halogens is 4. The summed E-state index contributed by atoms with van der Waals surface area (Å²) in [7, 11) is 0. The van der Waals surface area contributed by atoms with E-state index in [2.05, 4.69) is 0 Å². The molecule has 0 N–H and O–H groups in total. The highest BCUT2D eigenvalue weighted by molar-refractivity contribution is 6.31. The summed E-state index contributed by atoms with van der Waals surface area (Å²) in [5.74, 6) is 0. The van der Waals surface area contributed by atoms with Gasteiger partial charge in [0, 0.05) is 5.02 Å². The number of aryl methyl sites for hydroxylation is 1. The quantitative estimate of drug-likeness (QED) is 0.605. The smallest absolute Gasteiger partial charge is 0.166 e. The first-order chi connectivity index (χ1) is 5.82. The first-order valence-electron chi connectivity index (χ1n) is 3.66. The minimum Gasteiger partial charge on any atom is -0.166 e. The molecular formula is C9H8ClF3. The van der Waals surface area contributed by atoms with Gasteiger partial charge >= 0.3 is 6.18 Å². The van der Waals surface area contributed by atoms with Crippen molar-refractivity contribution in [2.24, 2.45) is 0 Å². The molecule has 0 radical (unpaired) electrons. The van der Waals surface area contributed by atoms with Gasteiger partial charge in [-0.25, -0.2) is 0 Å². The Morgan fingerprint density at radius 3 is 2.15 bits per heavy atom. The van der Waals surface area contributed by atoms with E-state index < -0.39 is 11.7 Å². The van der Waals surface area contributed by atoms with Gasteiger partial charge in [0.25, 0.3) is 0 Å². The van der Waals surface area contributed by atoms with Crippen LogP contribution in [0.25, 0.3) is 0 Å². The highest BCUT2D eigenvalue weighted by Gasteiger charge is 2.33. The second kappa shape index (κ2) is 3.22. The van der Waals surface area contributed by atoms with Gasteiger partial charge in [-0.15, -0.1) is 0 Å². The minimum atomic E-state index is -4.32. The minimum absolute atomic E-state index is 0.0831. The van der Waals surface area contributed by atoms with Crippen molar-refractivity contribution < 1.29 is 13.2 Å². The van der Waals surface area contributed by atoms with Crippen LogP contribution in [0.3, 0.4) is 0 Å². The Morgan fingerprint density at radius 2 is 1.69 bits per heavy atom. The predicted molar refractivity (Wildman–Crippen MR) is 45.9 cm³/mol. The summed E-state index contributed by atoms with van der Waals surface area (Å²) in [6.45, 7) is 2.95. The van der Waals surface area contributed by atoms with Crippen molar-refractivity contribution in [1.82, 2.24) is 0 Å². The fraction of sp³-hybridized carbons (Fsp3) is 0.333. The van der Waals surface area contributed by atoms with Gasteiger partial charge in [-0.3, -0.25) is 0 Å². The van der Waals surface area contributed by atoms with Gasteiger partial charge in [-0.2, -0.15) is 13.2 Å². The second-order valence-corrected chi connectivity index (χ2v) is 3.32. The molecule has 0 aliphatic carbocycles. The molecule has 0 spiro atoms. The van der Waals surface area contributed by atoms with Gasteiger partial charge in [0.15, 0.2) is 0 Å². The fourth-order valence-corrected chi connectivity index (χ4v) is 1.38. The van der Waals surface area contributed by atoms with E-state index in [1.54, 1.807) is 6.92 Å². The highest BCUT2D eigenvalue weighted by Crippen LogP contribution is 2.35. The molecule has 72 valence electrons. The molecule has 0 aromatic heterocycles. The van der Waals surface area contributed by atoms with Crippen LogP contribution in [-0.2, 0) is 6.18 Å². The molecule has 0 unspecified atom stereocenters. The molecule has 0 aliphatic heterocycles. The summed E-state index contributed by atoms with van der Waals surface area (Å²) in [4.78, 5) is 0. The second-order valence-electron chi connectivity index (χ2n) is 2.92. The number of alkyl halides is 3. The van der Waals surface area contributed by atoms with E-state index >= 15 is 0 Å². The molecule has 0 atom stereocenters. The third-order valence-corrected chi connectivity index (χ3v) is 2.19. The van der Waals surface area contributed by atoms with Crippen molar-refractivity contribution in [2.45, 2.75) is 20.0 Å². The Labute approximate surface area is 79.3 Å². The molecule has 4 heteroatoms. The Balaban J connectivity index is 3.37. The lowest BCUT2D eigenvalue weighted by Gasteiger charge is -2.12. The van der Waals surface area contributed by atoms with Gasteiger partial charge in [0.1, 0.15) is 0 Å². The van der Waals surface area contributed by atoms with Crippen LogP contribution in [0.15, 0.2) is 12.1 Å². The standard InChI is InChI=1S/C9H8ClF3/c1-5-3-7(9(11,12)13)6(2)8(10)4-5/h3-4H,1-2H3. The summed E-state index contributed by atoms with van der Waals surface area (Å²) in [6, 6.07) is 2.62. The zero-order chi connectivity index (χ0) is 10.2. The Kier molecular flexibility index (Phi) is 2.57. The lowest BCUT2D eigenvalue weighted by Crippen LogP contribution is -2.08. The van der Waals surface area contributed by atoms with Crippen LogP contribution < -0.4 is 0 Å². The van der Waals surface area contributed by atoms with Crippen LogP contribution in [0.5, 0.6) is 0 Å². The molecule has 0 amide bonds. The maximum Gasteiger partial charge on any atom is 0.416 e. The van der Waals surface area contributed by atoms with E-state index in [4.69, 9.17) is 11.6 Å². The first-order valence-corrected chi connectivity index (χ1v) is 4.04. The molecule has 0 heterocycles. The molecule has 0 saturated carbocycles. The van der Waals surface area contributed by atoms with Gasteiger partial charge in [0.2, 0.25) is 0 Å². The average Bonchev–Trinajstić information content (AvgIpc) is 1.94. The summed E-state index contributed by atoms with van der Waals surface area (Å²) < 4.78 is 37.1. The number of benzene rings is 1. The van der Waals surface area contributed by atoms with E-state index in [1.807, 2.05) is 0 Å². The van der Waals surface area contributed by atoms with Crippen LogP contribution in [0.2, 0.25) is 5.02 Å². The van der Waals surface area contributed by atoms with Crippen LogP contribution in [0.4, 0.5) is 13.2 Å². The molecule has 1 aromatic carbocycles. The predicted octanol–water partition coefficient (Wildman–Crippen LogP) is 3.98. The van der Waals surface area contributed by atoms with Crippen molar-refractivity contribution in [3.05, 3.63) is 33.8 Å². The summed E-state index contributed by atoms with van der Waals surface area (Å²) >= 11 is 5.63. The summed E-state index contributed by atoms with van der Waals surface area (Å²) in [6.07, 6.45) is -4.32. The lowest BCUT2D eigenvalue weighted by molar-refractivity contribution is -0.138. The molecule has 0 aliphatic rings. The van der Waals surface area contributed by atoms with Crippen LogP contribution in [0.1, 0.15) is 16.7 Å². The fourth-order valence-electron chi connectivity index (χ4n) is 1.11. The number of hydrogen-bond acceptors (Lipinski definition) is 0. The monoisotopic (exact) mass is 208 g/mol. The van der Waals surface area contributed by atoms with Crippen molar-refractivity contribution >= 4 is 11.6 Å². The summed E-state index contributed by atoms with van der Waals surface area (Å²) in [5.41, 5.74) is -0.0554. The Morgan fingerprint density at radius 1 is 1.15 bits per heavy atom. The van der Waals surface area contributed by atoms with Gasteiger partial charge in [0.05, 0.1) is 5.56 Å². The topological polar surface area (TPSA) is 0 Å². The van der Waals surface area contributed by atoms with Crippen molar-refractivity contribution in [2.75, 3.05) is 0 Å². The van der Waals surface area contributed by atoms with Crippen LogP contribution in [0, 0.1) is 13.8 Å². The third kappa shape index (κ3) is 2.15. The van der Waals surface area contributed by atoms with Crippen LogP contribution >= 0.6 is 11.6 Å². The maximum atomic E-state index is 12.4. The number of hydrogen-bond donors (Lipinski definition) is 0. The Hall–Kier alpha value is -0.700. The van der Waals surface area contributed by atoms with E-state index in [9.17, 15) is 13.2 Å². The van der Waals surface area contributed by atoms with E-state index in [0.717, 1.165) is 6.07 Å². The van der Waals surface area contributed by atoms with E-state index in [1.165, 1.54) is 13.0 Å². The van der Waals surface area contributed by atoms with Gasteiger partial charge < -0.3 is 0 Å². The zero-order valence-electron chi connectivity index (χ0n) is 7.17. The van der Waals surface area contributed by atoms with E-state index in [-0.39, 0.29) is 10.6 Å². The molecule has 1 rings (SSSR count). The van der Waals surface area contributed by atoms with E-state index in [0.29, 0.717) is 5.56 Å². The molecule has 0 saturated heterocycles. The summed E-state index contributed by atoms with van der Waals surface area (Å²) in [5, 5.41) is 0.160. The normalized spacial score (nSPS) is 11.8. The third-order valence-electron chi connectivity index (χ3n) is 1.79. The average molecular weight is 209 g/mol. The van der Waals surface area contributed by atoms with Gasteiger partial charge in [-0.1, -0.05) is 11.6 Å². The maximum absolute atomic E-state index is 12.4. The molecule has 1 aromatic rings. The first kappa shape index (κ1) is 10.4. The lowest BCUT2D eigenvalue weighted by atomic mass is 10.1. The largest absolute Gasteiger partial charge is 0.416 e.